The number of likely N-dealkylation sites (tertiary alicyclic amines) is 1. The summed E-state index contributed by atoms with van der Waals surface area (Å²) in [4.78, 5) is 14.9. The average molecular weight is 450 g/mol. The molecule has 1 amide bonds. The van der Waals surface area contributed by atoms with Gasteiger partial charge in [-0.3, -0.25) is 9.10 Å². The maximum atomic E-state index is 13.0. The van der Waals surface area contributed by atoms with Crippen LogP contribution in [0.4, 0.5) is 5.69 Å². The van der Waals surface area contributed by atoms with Gasteiger partial charge in [-0.1, -0.05) is 23.7 Å². The van der Waals surface area contributed by atoms with Crippen molar-refractivity contribution in [3.05, 3.63) is 59.1 Å². The third-order valence-corrected chi connectivity index (χ3v) is 7.62. The highest BCUT2D eigenvalue weighted by Gasteiger charge is 2.23. The number of rotatable bonds is 7. The number of sulfonamides is 1. The molecule has 1 aliphatic heterocycles. The smallest absolute Gasteiger partial charge is 0.264 e. The summed E-state index contributed by atoms with van der Waals surface area (Å²) >= 11 is 5.99. The molecular weight excluding hydrogens is 422 g/mol. The second kappa shape index (κ2) is 9.81. The molecule has 0 aromatic heterocycles. The van der Waals surface area contributed by atoms with E-state index in [1.807, 2.05) is 0 Å². The molecule has 2 aromatic carbocycles. The van der Waals surface area contributed by atoms with Crippen molar-refractivity contribution in [2.75, 3.05) is 38.0 Å². The molecule has 162 valence electrons. The van der Waals surface area contributed by atoms with Gasteiger partial charge in [0, 0.05) is 24.2 Å². The number of benzene rings is 2. The molecule has 0 unspecified atom stereocenters. The van der Waals surface area contributed by atoms with E-state index in [0.717, 1.165) is 36.7 Å². The van der Waals surface area contributed by atoms with Crippen LogP contribution in [0.25, 0.3) is 0 Å². The predicted octanol–water partition coefficient (Wildman–Crippen LogP) is 3.63. The van der Waals surface area contributed by atoms with E-state index in [1.165, 1.54) is 19.2 Å². The van der Waals surface area contributed by atoms with Gasteiger partial charge in [-0.25, -0.2) is 8.42 Å². The van der Waals surface area contributed by atoms with Gasteiger partial charge in [-0.05, 0) is 81.7 Å². The van der Waals surface area contributed by atoms with E-state index in [2.05, 4.69) is 17.3 Å². The molecule has 8 heteroatoms. The number of halogens is 1. The van der Waals surface area contributed by atoms with Crippen LogP contribution in [0, 0.1) is 5.92 Å². The van der Waals surface area contributed by atoms with Crippen molar-refractivity contribution >= 4 is 33.2 Å². The molecule has 0 bridgehead atoms. The normalized spacial score (nSPS) is 15.7. The maximum Gasteiger partial charge on any atom is 0.264 e. The van der Waals surface area contributed by atoms with Crippen LogP contribution in [-0.4, -0.2) is 53.0 Å². The number of piperidine rings is 1. The van der Waals surface area contributed by atoms with Crippen LogP contribution < -0.4 is 9.62 Å². The standard InChI is InChI=1S/C22H28ClN3O3S/c1-25-13-10-17(11-14-25)9-12-24-22(27)18-5-3-8-21(15-18)30(28,29)26(2)20-7-4-6-19(23)16-20/h3-8,15-17H,9-14H2,1-2H3,(H,24,27). The zero-order valence-electron chi connectivity index (χ0n) is 17.3. The van der Waals surface area contributed by atoms with Gasteiger partial charge in [0.2, 0.25) is 0 Å². The monoisotopic (exact) mass is 449 g/mol. The Hall–Kier alpha value is -2.09. The Morgan fingerprint density at radius 3 is 2.57 bits per heavy atom. The molecule has 0 spiro atoms. The highest BCUT2D eigenvalue weighted by Crippen LogP contribution is 2.25. The van der Waals surface area contributed by atoms with Crippen molar-refractivity contribution in [3.63, 3.8) is 0 Å². The molecule has 0 saturated carbocycles. The zero-order valence-corrected chi connectivity index (χ0v) is 18.9. The van der Waals surface area contributed by atoms with Gasteiger partial charge in [0.1, 0.15) is 0 Å². The lowest BCUT2D eigenvalue weighted by molar-refractivity contribution is 0.0948. The van der Waals surface area contributed by atoms with Crippen molar-refractivity contribution < 1.29 is 13.2 Å². The lowest BCUT2D eigenvalue weighted by Gasteiger charge is -2.28. The van der Waals surface area contributed by atoms with Gasteiger partial charge in [-0.2, -0.15) is 0 Å². The predicted molar refractivity (Wildman–Crippen MR) is 121 cm³/mol. The first-order valence-electron chi connectivity index (χ1n) is 10.1. The summed E-state index contributed by atoms with van der Waals surface area (Å²) in [7, 11) is -0.222. The molecule has 6 nitrogen and oxygen atoms in total. The van der Waals surface area contributed by atoms with E-state index >= 15 is 0 Å². The third kappa shape index (κ3) is 5.53. The van der Waals surface area contributed by atoms with Gasteiger partial charge in [0.25, 0.3) is 15.9 Å². The minimum atomic E-state index is -3.82. The Morgan fingerprint density at radius 2 is 1.87 bits per heavy atom. The summed E-state index contributed by atoms with van der Waals surface area (Å²) in [6, 6.07) is 12.8. The summed E-state index contributed by atoms with van der Waals surface area (Å²) in [5, 5.41) is 3.38. The molecule has 1 aliphatic rings. The highest BCUT2D eigenvalue weighted by atomic mass is 35.5. The maximum absolute atomic E-state index is 13.0. The van der Waals surface area contributed by atoms with Crippen LogP contribution in [0.3, 0.4) is 0 Å². The number of nitrogens with zero attached hydrogens (tertiary/aromatic N) is 2. The Morgan fingerprint density at radius 1 is 1.17 bits per heavy atom. The SMILES string of the molecule is CN1CCC(CCNC(=O)c2cccc(S(=O)(=O)N(C)c3cccc(Cl)c3)c2)CC1. The van der Waals surface area contributed by atoms with Crippen molar-refractivity contribution in [1.82, 2.24) is 10.2 Å². The van der Waals surface area contributed by atoms with Gasteiger partial charge in [-0.15, -0.1) is 0 Å². The van der Waals surface area contributed by atoms with Crippen LogP contribution in [0.5, 0.6) is 0 Å². The summed E-state index contributed by atoms with van der Waals surface area (Å²) < 4.78 is 27.2. The Kier molecular flexibility index (Phi) is 7.39. The van der Waals surface area contributed by atoms with Crippen molar-refractivity contribution in [2.45, 2.75) is 24.2 Å². The Balaban J connectivity index is 1.65. The number of carbonyl (C=O) groups excluding carboxylic acids is 1. The minimum Gasteiger partial charge on any atom is -0.352 e. The highest BCUT2D eigenvalue weighted by molar-refractivity contribution is 7.92. The third-order valence-electron chi connectivity index (χ3n) is 5.60. The largest absolute Gasteiger partial charge is 0.352 e. The minimum absolute atomic E-state index is 0.0629. The zero-order chi connectivity index (χ0) is 21.7. The van der Waals surface area contributed by atoms with Gasteiger partial charge in [0.05, 0.1) is 10.6 Å². The van der Waals surface area contributed by atoms with E-state index < -0.39 is 10.0 Å². The number of anilines is 1. The van der Waals surface area contributed by atoms with Crippen LogP contribution in [0.2, 0.25) is 5.02 Å². The number of nitrogens with one attached hydrogen (secondary N) is 1. The Bertz CT molecular complexity index is 989. The van der Waals surface area contributed by atoms with E-state index in [9.17, 15) is 13.2 Å². The van der Waals surface area contributed by atoms with Crippen LogP contribution in [-0.2, 0) is 10.0 Å². The number of amides is 1. The lowest BCUT2D eigenvalue weighted by Crippen LogP contribution is -2.32. The van der Waals surface area contributed by atoms with Crippen molar-refractivity contribution in [2.24, 2.45) is 5.92 Å². The van der Waals surface area contributed by atoms with Gasteiger partial charge in [0.15, 0.2) is 0 Å². The summed E-state index contributed by atoms with van der Waals surface area (Å²) in [6.45, 7) is 2.78. The fourth-order valence-corrected chi connectivity index (χ4v) is 5.03. The van der Waals surface area contributed by atoms with E-state index in [4.69, 9.17) is 11.6 Å². The molecule has 0 atom stereocenters. The molecule has 1 heterocycles. The van der Waals surface area contributed by atoms with E-state index in [-0.39, 0.29) is 10.8 Å². The molecule has 0 aliphatic carbocycles. The molecule has 2 aromatic rings. The fraction of sp³-hybridized carbons (Fsp3) is 0.409. The average Bonchev–Trinajstić information content (AvgIpc) is 2.74. The first kappa shape index (κ1) is 22.6. The summed E-state index contributed by atoms with van der Waals surface area (Å²) in [5.41, 5.74) is 0.787. The quantitative estimate of drug-likeness (QED) is 0.700. The summed E-state index contributed by atoms with van der Waals surface area (Å²) in [5.74, 6) is 0.366. The number of carbonyl (C=O) groups is 1. The topological polar surface area (TPSA) is 69.7 Å². The van der Waals surface area contributed by atoms with Crippen LogP contribution in [0.1, 0.15) is 29.6 Å². The molecular formula is C22H28ClN3O3S. The number of hydrogen-bond donors (Lipinski definition) is 1. The molecule has 0 radical (unpaired) electrons. The molecule has 3 rings (SSSR count). The Labute approximate surface area is 183 Å². The first-order valence-corrected chi connectivity index (χ1v) is 11.9. The summed E-state index contributed by atoms with van der Waals surface area (Å²) in [6.07, 6.45) is 3.24. The van der Waals surface area contributed by atoms with Crippen molar-refractivity contribution in [3.8, 4) is 0 Å². The van der Waals surface area contributed by atoms with Gasteiger partial charge < -0.3 is 10.2 Å². The second-order valence-electron chi connectivity index (χ2n) is 7.77. The lowest BCUT2D eigenvalue weighted by atomic mass is 9.94. The van der Waals surface area contributed by atoms with Gasteiger partial charge >= 0.3 is 0 Å². The molecule has 1 N–H and O–H groups in total. The molecule has 1 saturated heterocycles. The van der Waals surface area contributed by atoms with E-state index in [0.29, 0.717) is 28.7 Å². The van der Waals surface area contributed by atoms with Crippen LogP contribution in [0.15, 0.2) is 53.4 Å². The fourth-order valence-electron chi connectivity index (χ4n) is 3.61. The van der Waals surface area contributed by atoms with E-state index in [1.54, 1.807) is 36.4 Å². The first-order chi connectivity index (χ1) is 14.3. The second-order valence-corrected chi connectivity index (χ2v) is 10.2. The molecule has 1 fully saturated rings. The molecule has 30 heavy (non-hydrogen) atoms. The van der Waals surface area contributed by atoms with Crippen LogP contribution >= 0.6 is 11.6 Å². The van der Waals surface area contributed by atoms with Crippen molar-refractivity contribution in [1.29, 1.82) is 0 Å². The number of hydrogen-bond acceptors (Lipinski definition) is 4.